The molecule has 4 amide bonds. The van der Waals surface area contributed by atoms with Gasteiger partial charge in [-0.2, -0.15) is 0 Å². The first kappa shape index (κ1) is 28.4. The third-order valence-corrected chi connectivity index (χ3v) is 6.48. The van der Waals surface area contributed by atoms with Crippen molar-refractivity contribution in [2.24, 2.45) is 0 Å². The molecule has 0 saturated carbocycles. The first-order valence-electron chi connectivity index (χ1n) is 12.2. The monoisotopic (exact) mass is 561 g/mol. The molecule has 0 aliphatic carbocycles. The Morgan fingerprint density at radius 3 is 2.30 bits per heavy atom. The van der Waals surface area contributed by atoms with E-state index < -0.39 is 64.6 Å². The molecular weight excluding hydrogens is 536 g/mol. The Hall–Kier alpha value is -4.66. The third kappa shape index (κ3) is 6.31. The van der Waals surface area contributed by atoms with Crippen molar-refractivity contribution >= 4 is 29.5 Å². The third-order valence-electron chi connectivity index (χ3n) is 6.48. The summed E-state index contributed by atoms with van der Waals surface area (Å²) in [6.45, 7) is 0.706. The van der Waals surface area contributed by atoms with Crippen molar-refractivity contribution in [3.05, 3.63) is 75.3 Å². The zero-order valence-electron chi connectivity index (χ0n) is 21.0. The van der Waals surface area contributed by atoms with Gasteiger partial charge in [-0.3, -0.25) is 29.4 Å². The number of carboxylic acids is 1. The van der Waals surface area contributed by atoms with Gasteiger partial charge in [0, 0.05) is 49.9 Å². The van der Waals surface area contributed by atoms with Gasteiger partial charge < -0.3 is 25.0 Å². The number of nitro benzene ring substituents is 1. The fourth-order valence-corrected chi connectivity index (χ4v) is 4.63. The largest absolute Gasteiger partial charge is 0.481 e. The number of nitrogens with zero attached hydrogens (tertiary/aromatic N) is 4. The number of morpholine rings is 1. The van der Waals surface area contributed by atoms with E-state index in [1.165, 1.54) is 23.1 Å². The Balaban J connectivity index is 1.67. The van der Waals surface area contributed by atoms with E-state index in [2.05, 4.69) is 5.32 Å². The molecule has 212 valence electrons. The molecule has 0 spiro atoms. The van der Waals surface area contributed by atoms with Gasteiger partial charge in [0.2, 0.25) is 0 Å². The lowest BCUT2D eigenvalue weighted by atomic mass is 10.0. The lowest BCUT2D eigenvalue weighted by molar-refractivity contribution is -0.384. The summed E-state index contributed by atoms with van der Waals surface area (Å²) >= 11 is 0. The average Bonchev–Trinajstić information content (AvgIpc) is 3.37. The Labute approximate surface area is 226 Å². The van der Waals surface area contributed by atoms with Crippen LogP contribution in [0.3, 0.4) is 0 Å². The predicted molar refractivity (Wildman–Crippen MR) is 132 cm³/mol. The van der Waals surface area contributed by atoms with Crippen LogP contribution in [0.1, 0.15) is 28.4 Å². The SMILES string of the molecule is O=C(O)CC(NC(=O)C1N(C(=O)c2cc(F)cc(F)c2)CCN1C(=O)N1CCOCC1)c1cccc([N+](=O)[O-])c1. The summed E-state index contributed by atoms with van der Waals surface area (Å²) in [4.78, 5) is 66.1. The fraction of sp³-hybridized carbons (Fsp3) is 0.360. The summed E-state index contributed by atoms with van der Waals surface area (Å²) in [6.07, 6.45) is -2.27. The molecule has 4 rings (SSSR count). The van der Waals surface area contributed by atoms with Gasteiger partial charge in [0.05, 0.1) is 30.6 Å². The number of amides is 4. The highest BCUT2D eigenvalue weighted by Gasteiger charge is 2.45. The highest BCUT2D eigenvalue weighted by Crippen LogP contribution is 2.26. The minimum absolute atomic E-state index is 0.0990. The topological polar surface area (TPSA) is 163 Å². The van der Waals surface area contributed by atoms with E-state index in [0.717, 1.165) is 28.0 Å². The molecule has 15 heteroatoms. The van der Waals surface area contributed by atoms with Crippen LogP contribution in [0.2, 0.25) is 0 Å². The number of carbonyl (C=O) groups is 4. The van der Waals surface area contributed by atoms with Crippen LogP contribution in [0, 0.1) is 21.7 Å². The summed E-state index contributed by atoms with van der Waals surface area (Å²) in [5.74, 6) is -5.25. The van der Waals surface area contributed by atoms with E-state index in [1.807, 2.05) is 0 Å². The maximum atomic E-state index is 13.9. The first-order chi connectivity index (χ1) is 19.0. The van der Waals surface area contributed by atoms with E-state index in [4.69, 9.17) is 4.74 Å². The van der Waals surface area contributed by atoms with Crippen molar-refractivity contribution in [3.63, 3.8) is 0 Å². The maximum absolute atomic E-state index is 13.9. The van der Waals surface area contributed by atoms with Crippen molar-refractivity contribution in [1.82, 2.24) is 20.0 Å². The molecule has 2 saturated heterocycles. The van der Waals surface area contributed by atoms with E-state index in [9.17, 15) is 43.2 Å². The maximum Gasteiger partial charge on any atom is 0.322 e. The number of carbonyl (C=O) groups excluding carboxylic acids is 3. The smallest absolute Gasteiger partial charge is 0.322 e. The summed E-state index contributed by atoms with van der Waals surface area (Å²) in [7, 11) is 0. The molecule has 0 radical (unpaired) electrons. The first-order valence-corrected chi connectivity index (χ1v) is 12.2. The minimum Gasteiger partial charge on any atom is -0.481 e. The van der Waals surface area contributed by atoms with Gasteiger partial charge in [0.15, 0.2) is 6.17 Å². The van der Waals surface area contributed by atoms with Crippen LogP contribution in [0.4, 0.5) is 19.3 Å². The van der Waals surface area contributed by atoms with Gasteiger partial charge in [-0.1, -0.05) is 12.1 Å². The van der Waals surface area contributed by atoms with Gasteiger partial charge >= 0.3 is 12.0 Å². The van der Waals surface area contributed by atoms with Gasteiger partial charge in [0.1, 0.15) is 11.6 Å². The molecule has 0 aromatic heterocycles. The van der Waals surface area contributed by atoms with Crippen LogP contribution in [-0.2, 0) is 14.3 Å². The number of nitrogens with one attached hydrogen (secondary N) is 1. The number of nitro groups is 1. The number of urea groups is 1. The number of hydrogen-bond acceptors (Lipinski definition) is 7. The molecule has 2 N–H and O–H groups in total. The number of aliphatic carboxylic acids is 1. The van der Waals surface area contributed by atoms with Gasteiger partial charge in [-0.25, -0.2) is 13.6 Å². The van der Waals surface area contributed by atoms with E-state index in [1.54, 1.807) is 0 Å². The quantitative estimate of drug-likeness (QED) is 0.382. The second kappa shape index (κ2) is 12.0. The molecule has 2 heterocycles. The number of benzene rings is 2. The normalized spacial score (nSPS) is 17.9. The van der Waals surface area contributed by atoms with Gasteiger partial charge in [-0.05, 0) is 17.7 Å². The molecule has 2 unspecified atom stereocenters. The van der Waals surface area contributed by atoms with Crippen molar-refractivity contribution < 1.29 is 42.7 Å². The van der Waals surface area contributed by atoms with Crippen LogP contribution in [0.15, 0.2) is 42.5 Å². The van der Waals surface area contributed by atoms with Crippen LogP contribution in [-0.4, -0.2) is 94.1 Å². The Kier molecular flexibility index (Phi) is 8.52. The fourth-order valence-electron chi connectivity index (χ4n) is 4.63. The molecule has 2 fully saturated rings. The zero-order chi connectivity index (χ0) is 29.0. The lowest BCUT2D eigenvalue weighted by Gasteiger charge is -2.35. The Morgan fingerprint density at radius 2 is 1.68 bits per heavy atom. The van der Waals surface area contributed by atoms with Crippen molar-refractivity contribution in [2.75, 3.05) is 39.4 Å². The minimum atomic E-state index is -1.61. The summed E-state index contributed by atoms with van der Waals surface area (Å²) in [6, 6.07) is 5.33. The molecule has 0 bridgehead atoms. The van der Waals surface area contributed by atoms with E-state index in [-0.39, 0.29) is 50.6 Å². The van der Waals surface area contributed by atoms with Gasteiger partial charge in [0.25, 0.3) is 17.5 Å². The second-order valence-electron chi connectivity index (χ2n) is 9.12. The van der Waals surface area contributed by atoms with Crippen LogP contribution >= 0.6 is 0 Å². The summed E-state index contributed by atoms with van der Waals surface area (Å²) in [5.41, 5.74) is -0.618. The molecule has 13 nitrogen and oxygen atoms in total. The van der Waals surface area contributed by atoms with Crippen LogP contribution in [0.5, 0.6) is 0 Å². The molecular formula is C25H25F2N5O8. The van der Waals surface area contributed by atoms with Gasteiger partial charge in [-0.15, -0.1) is 0 Å². The average molecular weight is 561 g/mol. The predicted octanol–water partition coefficient (Wildman–Crippen LogP) is 1.74. The molecule has 2 atom stereocenters. The molecule has 2 aliphatic heterocycles. The molecule has 40 heavy (non-hydrogen) atoms. The second-order valence-corrected chi connectivity index (χ2v) is 9.12. The van der Waals surface area contributed by atoms with Crippen molar-refractivity contribution in [2.45, 2.75) is 18.6 Å². The highest BCUT2D eigenvalue weighted by molar-refractivity contribution is 5.99. The number of hydrogen-bond donors (Lipinski definition) is 2. The van der Waals surface area contributed by atoms with Crippen LogP contribution < -0.4 is 5.32 Å². The van der Waals surface area contributed by atoms with Crippen LogP contribution in [0.25, 0.3) is 0 Å². The Morgan fingerprint density at radius 1 is 1.02 bits per heavy atom. The van der Waals surface area contributed by atoms with E-state index in [0.29, 0.717) is 6.07 Å². The molecule has 2 aromatic rings. The standard InChI is InChI=1S/C25H25F2N5O8/c26-17-10-16(11-18(27)13-17)24(36)30-4-5-31(25(37)29-6-8-40-9-7-29)23(30)22(35)28-20(14-21(33)34)15-2-1-3-19(12-15)32(38)39/h1-3,10-13,20,23H,4-9,14H2,(H,28,35)(H,33,34). The number of carboxylic acid groups (broad SMARTS) is 1. The number of non-ortho nitro benzene ring substituents is 1. The van der Waals surface area contributed by atoms with E-state index >= 15 is 0 Å². The van der Waals surface area contributed by atoms with Crippen molar-refractivity contribution in [3.8, 4) is 0 Å². The highest BCUT2D eigenvalue weighted by atomic mass is 19.1. The molecule has 2 aromatic carbocycles. The number of ether oxygens (including phenoxy) is 1. The number of halogens is 2. The Bertz CT molecular complexity index is 1320. The zero-order valence-corrected chi connectivity index (χ0v) is 21.0. The molecule has 2 aliphatic rings. The van der Waals surface area contributed by atoms with Crippen molar-refractivity contribution in [1.29, 1.82) is 0 Å². The number of rotatable bonds is 7. The summed E-state index contributed by atoms with van der Waals surface area (Å²) in [5, 5.41) is 23.2. The lowest BCUT2D eigenvalue weighted by Crippen LogP contribution is -2.58. The summed E-state index contributed by atoms with van der Waals surface area (Å²) < 4.78 is 33.0.